The molecule has 2 aromatic carbocycles. The fourth-order valence-electron chi connectivity index (χ4n) is 3.77. The van der Waals surface area contributed by atoms with Crippen LogP contribution in [0.5, 0.6) is 5.75 Å². The number of thiazole rings is 1. The van der Waals surface area contributed by atoms with Gasteiger partial charge in [0.2, 0.25) is 0 Å². The van der Waals surface area contributed by atoms with Crippen molar-refractivity contribution in [2.75, 3.05) is 0 Å². The van der Waals surface area contributed by atoms with E-state index in [4.69, 9.17) is 16.3 Å². The molecule has 0 saturated carbocycles. The van der Waals surface area contributed by atoms with Crippen LogP contribution in [0, 0.1) is 0 Å². The standard InChI is InChI=1S/C25H21ClF2N2O4S/c1-13(2)33-23(32)20-14(3)29-25-30(21(20)15-8-10-17(26)11-9-15)22(31)19(35-25)12-16-6-4-5-7-18(16)34-24(27)28/h4-13,21,24H,1-3H3/b19-12+/t21-/m0/s1. The molecular formula is C25H21ClF2N2O4S. The van der Waals surface area contributed by atoms with Crippen LogP contribution >= 0.6 is 22.9 Å². The molecule has 0 radical (unpaired) electrons. The fraction of sp³-hybridized carbons (Fsp3) is 0.240. The maximum atomic E-state index is 13.6. The van der Waals surface area contributed by atoms with Crippen LogP contribution in [0.3, 0.4) is 0 Å². The number of hydrogen-bond acceptors (Lipinski definition) is 6. The van der Waals surface area contributed by atoms with Gasteiger partial charge in [0, 0.05) is 10.6 Å². The summed E-state index contributed by atoms with van der Waals surface area (Å²) in [5.41, 5.74) is 1.19. The second kappa shape index (κ2) is 10.1. The Morgan fingerprint density at radius 1 is 1.17 bits per heavy atom. The van der Waals surface area contributed by atoms with Crippen molar-refractivity contribution < 1.29 is 23.0 Å². The summed E-state index contributed by atoms with van der Waals surface area (Å²) in [6, 6.07) is 12.2. The molecule has 1 atom stereocenters. The van der Waals surface area contributed by atoms with Crippen LogP contribution in [-0.2, 0) is 9.53 Å². The van der Waals surface area contributed by atoms with Crippen molar-refractivity contribution in [1.82, 2.24) is 4.57 Å². The third-order valence-electron chi connectivity index (χ3n) is 5.19. The van der Waals surface area contributed by atoms with Gasteiger partial charge in [0.05, 0.1) is 27.9 Å². The first-order valence-corrected chi connectivity index (χ1v) is 11.9. The number of para-hydroxylation sites is 1. The lowest BCUT2D eigenvalue weighted by molar-refractivity contribution is -0.143. The number of halogens is 3. The first-order chi connectivity index (χ1) is 16.7. The zero-order valence-corrected chi connectivity index (χ0v) is 20.6. The van der Waals surface area contributed by atoms with Gasteiger partial charge in [0.1, 0.15) is 5.75 Å². The second-order valence-corrected chi connectivity index (χ2v) is 9.45. The topological polar surface area (TPSA) is 69.9 Å². The molecule has 0 saturated heterocycles. The lowest BCUT2D eigenvalue weighted by Crippen LogP contribution is -2.40. The van der Waals surface area contributed by atoms with E-state index in [1.54, 1.807) is 63.2 Å². The Labute approximate surface area is 208 Å². The summed E-state index contributed by atoms with van der Waals surface area (Å²) in [6.07, 6.45) is 1.11. The molecule has 4 rings (SSSR count). The first-order valence-electron chi connectivity index (χ1n) is 10.7. The number of nitrogens with zero attached hydrogens (tertiary/aromatic N) is 2. The minimum Gasteiger partial charge on any atom is -0.459 e. The van der Waals surface area contributed by atoms with Gasteiger partial charge in [-0.2, -0.15) is 8.78 Å². The number of ether oxygens (including phenoxy) is 2. The van der Waals surface area contributed by atoms with Crippen molar-refractivity contribution in [3.05, 3.63) is 95.6 Å². The lowest BCUT2D eigenvalue weighted by atomic mass is 9.96. The van der Waals surface area contributed by atoms with E-state index in [0.29, 0.717) is 26.6 Å². The van der Waals surface area contributed by atoms with Gasteiger partial charge in [0.25, 0.3) is 5.56 Å². The van der Waals surface area contributed by atoms with Gasteiger partial charge < -0.3 is 9.47 Å². The van der Waals surface area contributed by atoms with Crippen molar-refractivity contribution in [2.45, 2.75) is 39.5 Å². The maximum Gasteiger partial charge on any atom is 0.387 e. The number of carbonyl (C=O) groups excluding carboxylic acids is 1. The molecular weight excluding hydrogens is 498 g/mol. The predicted molar refractivity (Wildman–Crippen MR) is 130 cm³/mol. The van der Waals surface area contributed by atoms with Crippen molar-refractivity contribution in [3.8, 4) is 5.75 Å². The Morgan fingerprint density at radius 3 is 2.51 bits per heavy atom. The minimum atomic E-state index is -3.01. The number of rotatable bonds is 6. The number of alkyl halides is 2. The lowest BCUT2D eigenvalue weighted by Gasteiger charge is -2.25. The normalized spacial score (nSPS) is 15.9. The van der Waals surface area contributed by atoms with E-state index in [2.05, 4.69) is 9.73 Å². The second-order valence-electron chi connectivity index (χ2n) is 8.00. The van der Waals surface area contributed by atoms with E-state index in [9.17, 15) is 18.4 Å². The molecule has 0 spiro atoms. The molecule has 2 heterocycles. The molecule has 0 aliphatic carbocycles. The number of aromatic nitrogens is 1. The van der Waals surface area contributed by atoms with Gasteiger partial charge in [-0.15, -0.1) is 0 Å². The van der Waals surface area contributed by atoms with Crippen LogP contribution in [0.2, 0.25) is 5.02 Å². The number of benzene rings is 2. The molecule has 182 valence electrons. The zero-order chi connectivity index (χ0) is 25.3. The van der Waals surface area contributed by atoms with Gasteiger partial charge in [-0.05, 0) is 50.6 Å². The van der Waals surface area contributed by atoms with Crippen LogP contribution in [0.15, 0.2) is 69.6 Å². The molecule has 0 fully saturated rings. The van der Waals surface area contributed by atoms with E-state index in [0.717, 1.165) is 11.3 Å². The zero-order valence-electron chi connectivity index (χ0n) is 19.0. The number of allylic oxidation sites excluding steroid dienone is 1. The number of hydrogen-bond donors (Lipinski definition) is 0. The average molecular weight is 519 g/mol. The largest absolute Gasteiger partial charge is 0.459 e. The predicted octanol–water partition coefficient (Wildman–Crippen LogP) is 4.44. The highest BCUT2D eigenvalue weighted by Gasteiger charge is 2.33. The van der Waals surface area contributed by atoms with Gasteiger partial charge >= 0.3 is 12.6 Å². The van der Waals surface area contributed by atoms with Gasteiger partial charge in [-0.3, -0.25) is 9.36 Å². The molecule has 6 nitrogen and oxygen atoms in total. The smallest absolute Gasteiger partial charge is 0.387 e. The molecule has 3 aromatic rings. The van der Waals surface area contributed by atoms with Crippen LogP contribution in [0.1, 0.15) is 37.9 Å². The monoisotopic (exact) mass is 518 g/mol. The maximum absolute atomic E-state index is 13.6. The van der Waals surface area contributed by atoms with E-state index in [1.807, 2.05) is 0 Å². The molecule has 0 unspecified atom stereocenters. The third kappa shape index (κ3) is 5.21. The average Bonchev–Trinajstić information content (AvgIpc) is 3.08. The minimum absolute atomic E-state index is 0.0556. The number of esters is 1. The third-order valence-corrected chi connectivity index (χ3v) is 6.43. The van der Waals surface area contributed by atoms with Crippen LogP contribution in [-0.4, -0.2) is 23.3 Å². The Kier molecular flexibility index (Phi) is 7.18. The molecule has 10 heteroatoms. The highest BCUT2D eigenvalue weighted by atomic mass is 35.5. The van der Waals surface area contributed by atoms with Crippen molar-refractivity contribution in [2.24, 2.45) is 4.99 Å². The van der Waals surface area contributed by atoms with Gasteiger partial charge in [-0.25, -0.2) is 9.79 Å². The van der Waals surface area contributed by atoms with E-state index in [1.165, 1.54) is 16.7 Å². The first kappa shape index (κ1) is 24.8. The number of fused-ring (bicyclic) bond motifs is 1. The molecule has 1 aliphatic rings. The van der Waals surface area contributed by atoms with E-state index >= 15 is 0 Å². The number of carbonyl (C=O) groups is 1. The molecule has 1 aromatic heterocycles. The van der Waals surface area contributed by atoms with Gasteiger partial charge in [-0.1, -0.05) is 53.3 Å². The molecule has 0 amide bonds. The summed E-state index contributed by atoms with van der Waals surface area (Å²) in [5, 5.41) is 0.504. The van der Waals surface area contributed by atoms with Crippen molar-refractivity contribution in [3.63, 3.8) is 0 Å². The molecule has 0 bridgehead atoms. The summed E-state index contributed by atoms with van der Waals surface area (Å²) in [4.78, 5) is 31.5. The Balaban J connectivity index is 1.93. The van der Waals surface area contributed by atoms with E-state index in [-0.39, 0.29) is 22.0 Å². The summed E-state index contributed by atoms with van der Waals surface area (Å²) in [6.45, 7) is 2.15. The highest BCUT2D eigenvalue weighted by Crippen LogP contribution is 2.31. The Hall–Kier alpha value is -3.30. The summed E-state index contributed by atoms with van der Waals surface area (Å²) < 4.78 is 37.4. The highest BCUT2D eigenvalue weighted by molar-refractivity contribution is 7.07. The fourth-order valence-corrected chi connectivity index (χ4v) is 4.93. The summed E-state index contributed by atoms with van der Waals surface area (Å²) in [7, 11) is 0. The molecule has 0 N–H and O–H groups in total. The van der Waals surface area contributed by atoms with Crippen LogP contribution in [0.25, 0.3) is 6.08 Å². The Bertz CT molecular complexity index is 1480. The van der Waals surface area contributed by atoms with E-state index < -0.39 is 24.2 Å². The van der Waals surface area contributed by atoms with Gasteiger partial charge in [0.15, 0.2) is 4.80 Å². The van der Waals surface area contributed by atoms with Crippen LogP contribution in [0.4, 0.5) is 8.78 Å². The SMILES string of the molecule is CC1=C(C(=O)OC(C)C)[C@H](c2ccc(Cl)cc2)n2c(s/c(=C/c3ccccc3OC(F)F)c2=O)=N1. The van der Waals surface area contributed by atoms with Crippen LogP contribution < -0.4 is 19.6 Å². The molecule has 1 aliphatic heterocycles. The summed E-state index contributed by atoms with van der Waals surface area (Å²) in [5.74, 6) is -0.633. The van der Waals surface area contributed by atoms with Crippen molar-refractivity contribution in [1.29, 1.82) is 0 Å². The van der Waals surface area contributed by atoms with Crippen molar-refractivity contribution >= 4 is 35.0 Å². The quantitative estimate of drug-likeness (QED) is 0.452. The summed E-state index contributed by atoms with van der Waals surface area (Å²) >= 11 is 7.16. The Morgan fingerprint density at radius 2 is 1.86 bits per heavy atom. The molecule has 35 heavy (non-hydrogen) atoms.